The van der Waals surface area contributed by atoms with Crippen molar-refractivity contribution in [3.63, 3.8) is 0 Å². The average Bonchev–Trinajstić information content (AvgIpc) is 2.83. The van der Waals surface area contributed by atoms with Gasteiger partial charge in [0.25, 0.3) is 5.91 Å². The maximum absolute atomic E-state index is 13.8. The van der Waals surface area contributed by atoms with Crippen molar-refractivity contribution in [1.82, 2.24) is 10.2 Å². The first kappa shape index (κ1) is 30.6. The minimum Gasteiger partial charge on any atom is -0.497 e. The molecule has 2 atom stereocenters. The highest BCUT2D eigenvalue weighted by atomic mass is 16.6. The van der Waals surface area contributed by atoms with Crippen LogP contribution >= 0.6 is 0 Å². The predicted molar refractivity (Wildman–Crippen MR) is 145 cm³/mol. The summed E-state index contributed by atoms with van der Waals surface area (Å²) < 4.78 is 10.4. The quantitative estimate of drug-likeness (QED) is 0.392. The van der Waals surface area contributed by atoms with E-state index in [1.54, 1.807) is 71.0 Å². The van der Waals surface area contributed by atoms with E-state index in [0.29, 0.717) is 28.1 Å². The summed E-state index contributed by atoms with van der Waals surface area (Å²) in [5.41, 5.74) is 6.83. The molecule has 2 aromatic carbocycles. The van der Waals surface area contributed by atoms with Gasteiger partial charge in [0.2, 0.25) is 11.8 Å². The molecule has 0 saturated carbocycles. The number of alkyl carbamates (subject to hydrolysis) is 1. The van der Waals surface area contributed by atoms with Gasteiger partial charge in [-0.05, 0) is 75.6 Å². The van der Waals surface area contributed by atoms with Crippen molar-refractivity contribution in [3.05, 3.63) is 59.2 Å². The van der Waals surface area contributed by atoms with Gasteiger partial charge in [0.1, 0.15) is 30.0 Å². The molecule has 2 aromatic rings. The Hall–Kier alpha value is -4.59. The molecule has 11 heteroatoms. The van der Waals surface area contributed by atoms with Gasteiger partial charge in [0.05, 0.1) is 19.6 Å². The van der Waals surface area contributed by atoms with Crippen LogP contribution in [0.25, 0.3) is 0 Å². The number of rotatable bonds is 10. The first-order chi connectivity index (χ1) is 18.3. The van der Waals surface area contributed by atoms with E-state index in [2.05, 4.69) is 10.6 Å². The monoisotopic (exact) mass is 537 g/mol. The lowest BCUT2D eigenvalue weighted by molar-refractivity contribution is -0.141. The van der Waals surface area contributed by atoms with Crippen LogP contribution in [-0.2, 0) is 19.1 Å². The van der Waals surface area contributed by atoms with E-state index < -0.39 is 54.5 Å². The molecule has 208 valence electrons. The highest BCUT2D eigenvalue weighted by Crippen LogP contribution is 2.30. The molecule has 2 rings (SSSR count). The number of nitriles is 1. The van der Waals surface area contributed by atoms with Crippen LogP contribution in [0, 0.1) is 25.2 Å². The summed E-state index contributed by atoms with van der Waals surface area (Å²) >= 11 is 0. The summed E-state index contributed by atoms with van der Waals surface area (Å²) in [6, 6.07) is 11.1. The third kappa shape index (κ3) is 8.74. The Morgan fingerprint density at radius 2 is 1.64 bits per heavy atom. The molecule has 0 radical (unpaired) electrons. The van der Waals surface area contributed by atoms with Crippen molar-refractivity contribution >= 4 is 29.5 Å². The van der Waals surface area contributed by atoms with E-state index in [1.165, 1.54) is 7.11 Å². The smallest absolute Gasteiger partial charge is 0.408 e. The summed E-state index contributed by atoms with van der Waals surface area (Å²) in [4.78, 5) is 53.0. The summed E-state index contributed by atoms with van der Waals surface area (Å²) in [5, 5.41) is 14.8. The number of ether oxygens (including phenoxy) is 2. The normalized spacial score (nSPS) is 12.3. The first-order valence-electron chi connectivity index (χ1n) is 12.2. The molecule has 2 unspecified atom stereocenters. The molecule has 39 heavy (non-hydrogen) atoms. The summed E-state index contributed by atoms with van der Waals surface area (Å²) in [5.74, 6) is -1.73. The van der Waals surface area contributed by atoms with Gasteiger partial charge >= 0.3 is 6.09 Å². The molecule has 0 heterocycles. The zero-order valence-corrected chi connectivity index (χ0v) is 23.0. The fourth-order valence-electron chi connectivity index (χ4n) is 4.00. The van der Waals surface area contributed by atoms with Crippen molar-refractivity contribution in [1.29, 1.82) is 5.26 Å². The molecule has 0 bridgehead atoms. The lowest BCUT2D eigenvalue weighted by Gasteiger charge is -2.34. The van der Waals surface area contributed by atoms with E-state index in [1.807, 2.05) is 12.1 Å². The van der Waals surface area contributed by atoms with Gasteiger partial charge in [-0.2, -0.15) is 5.26 Å². The number of primary amides is 1. The molecule has 0 aliphatic carbocycles. The van der Waals surface area contributed by atoms with Crippen molar-refractivity contribution in [2.75, 3.05) is 19.0 Å². The lowest BCUT2D eigenvalue weighted by atomic mass is 9.93. The van der Waals surface area contributed by atoms with E-state index >= 15 is 0 Å². The van der Waals surface area contributed by atoms with Crippen molar-refractivity contribution in [2.24, 2.45) is 5.73 Å². The van der Waals surface area contributed by atoms with Crippen LogP contribution in [0.5, 0.6) is 5.75 Å². The molecular weight excluding hydrogens is 502 g/mol. The number of amides is 4. The zero-order valence-electron chi connectivity index (χ0n) is 23.0. The van der Waals surface area contributed by atoms with Crippen LogP contribution in [0.4, 0.5) is 10.5 Å². The zero-order chi connectivity index (χ0) is 29.3. The number of nitrogens with zero attached hydrogens (tertiary/aromatic N) is 2. The van der Waals surface area contributed by atoms with E-state index in [-0.39, 0.29) is 0 Å². The second kappa shape index (κ2) is 13.3. The minimum atomic E-state index is -1.48. The van der Waals surface area contributed by atoms with Gasteiger partial charge < -0.3 is 30.7 Å². The summed E-state index contributed by atoms with van der Waals surface area (Å²) in [7, 11) is 1.52. The third-order valence-electron chi connectivity index (χ3n) is 5.65. The summed E-state index contributed by atoms with van der Waals surface area (Å²) in [6.07, 6.45) is -1.52. The Kier molecular flexibility index (Phi) is 10.4. The average molecular weight is 538 g/mol. The van der Waals surface area contributed by atoms with Crippen LogP contribution in [0.2, 0.25) is 0 Å². The first-order valence-corrected chi connectivity index (χ1v) is 12.2. The van der Waals surface area contributed by atoms with Crippen LogP contribution in [0.1, 0.15) is 49.9 Å². The van der Waals surface area contributed by atoms with Gasteiger partial charge in [-0.3, -0.25) is 14.4 Å². The number of hydrogen-bond acceptors (Lipinski definition) is 7. The molecule has 0 saturated heterocycles. The summed E-state index contributed by atoms with van der Waals surface area (Å²) in [6.45, 7) is 7.97. The van der Waals surface area contributed by atoms with Crippen LogP contribution in [0.15, 0.2) is 42.5 Å². The van der Waals surface area contributed by atoms with Crippen molar-refractivity contribution < 1.29 is 28.7 Å². The number of anilines is 1. The predicted octanol–water partition coefficient (Wildman–Crippen LogP) is 3.11. The van der Waals surface area contributed by atoms with Crippen molar-refractivity contribution in [2.45, 2.75) is 58.7 Å². The van der Waals surface area contributed by atoms with Crippen LogP contribution in [-0.4, -0.2) is 54.0 Å². The molecular formula is C28H35N5O6. The Balaban J connectivity index is 2.57. The Labute approximate surface area is 228 Å². The SMILES string of the molecule is COc1ccc(NC(=O)C(c2c(C)cccc2C)N(CC#N)C(=O)C(CC(N)=O)NC(=O)OC(C)(C)C)cc1. The molecule has 11 nitrogen and oxygen atoms in total. The van der Waals surface area contributed by atoms with Gasteiger partial charge in [0.15, 0.2) is 0 Å². The number of methoxy groups -OCH3 is 1. The fourth-order valence-corrected chi connectivity index (χ4v) is 4.00. The van der Waals surface area contributed by atoms with E-state index in [4.69, 9.17) is 15.2 Å². The number of carbonyl (C=O) groups excluding carboxylic acids is 4. The third-order valence-corrected chi connectivity index (χ3v) is 5.65. The molecule has 0 aliphatic heterocycles. The molecule has 0 fully saturated rings. The van der Waals surface area contributed by atoms with E-state index in [0.717, 1.165) is 4.90 Å². The minimum absolute atomic E-state index is 0.432. The lowest BCUT2D eigenvalue weighted by Crippen LogP contribution is -2.53. The number of carbonyl (C=O) groups is 4. The standard InChI is InChI=1S/C28H35N5O6/c1-17-8-7-9-18(2)23(17)24(25(35)31-19-10-12-20(38-6)13-11-19)33(15-14-29)26(36)21(16-22(30)34)32-27(37)39-28(3,4)5/h7-13,21,24H,15-16H2,1-6H3,(H2,30,34)(H,31,35)(H,32,37). The molecule has 4 amide bonds. The van der Waals surface area contributed by atoms with Gasteiger partial charge in [-0.1, -0.05) is 18.2 Å². The number of aryl methyl sites for hydroxylation is 2. The van der Waals surface area contributed by atoms with Gasteiger partial charge in [-0.25, -0.2) is 4.79 Å². The molecule has 0 spiro atoms. The number of hydrogen-bond donors (Lipinski definition) is 3. The Bertz CT molecular complexity index is 1230. The Morgan fingerprint density at radius 1 is 1.05 bits per heavy atom. The highest BCUT2D eigenvalue weighted by molar-refractivity contribution is 6.00. The van der Waals surface area contributed by atoms with Gasteiger partial charge in [-0.15, -0.1) is 0 Å². The highest BCUT2D eigenvalue weighted by Gasteiger charge is 2.38. The maximum Gasteiger partial charge on any atom is 0.408 e. The van der Waals surface area contributed by atoms with Crippen molar-refractivity contribution in [3.8, 4) is 11.8 Å². The number of benzene rings is 2. The molecule has 4 N–H and O–H groups in total. The molecule has 0 aliphatic rings. The Morgan fingerprint density at radius 3 is 2.13 bits per heavy atom. The maximum atomic E-state index is 13.8. The van der Waals surface area contributed by atoms with Crippen LogP contribution in [0.3, 0.4) is 0 Å². The number of nitrogens with two attached hydrogens (primary N) is 1. The fraction of sp³-hybridized carbons (Fsp3) is 0.393. The van der Waals surface area contributed by atoms with E-state index in [9.17, 15) is 24.4 Å². The topological polar surface area (TPSA) is 164 Å². The molecule has 0 aromatic heterocycles. The number of nitrogens with one attached hydrogen (secondary N) is 2. The largest absolute Gasteiger partial charge is 0.497 e. The van der Waals surface area contributed by atoms with Crippen LogP contribution < -0.4 is 21.1 Å². The van der Waals surface area contributed by atoms with Gasteiger partial charge in [0, 0.05) is 5.69 Å². The second-order valence-corrected chi connectivity index (χ2v) is 9.92. The second-order valence-electron chi connectivity index (χ2n) is 9.92.